The molecular formula is C20H29N3O4S. The number of carbonyl (C=O) groups is 1. The number of rotatable bonds is 6. The van der Waals surface area contributed by atoms with Crippen molar-refractivity contribution in [3.05, 3.63) is 30.3 Å². The third kappa shape index (κ3) is 3.83. The summed E-state index contributed by atoms with van der Waals surface area (Å²) in [4.78, 5) is 15.1. The first-order valence-corrected chi connectivity index (χ1v) is 11.7. The average Bonchev–Trinajstić information content (AvgIpc) is 3.35. The lowest BCUT2D eigenvalue weighted by Gasteiger charge is -2.39. The quantitative estimate of drug-likeness (QED) is 0.767. The molecular weight excluding hydrogens is 378 g/mol. The Bertz CT molecular complexity index is 801. The monoisotopic (exact) mass is 407 g/mol. The summed E-state index contributed by atoms with van der Waals surface area (Å²) in [5, 5.41) is 3.01. The molecule has 5 atom stereocenters. The second kappa shape index (κ2) is 8.10. The second-order valence-electron chi connectivity index (χ2n) is 7.96. The number of nitrogens with zero attached hydrogens (tertiary/aromatic N) is 2. The first-order chi connectivity index (χ1) is 13.5. The van der Waals surface area contributed by atoms with Crippen molar-refractivity contribution in [2.45, 2.75) is 61.8 Å². The van der Waals surface area contributed by atoms with Gasteiger partial charge in [-0.2, -0.15) is 4.31 Å². The molecule has 7 nitrogen and oxygen atoms in total. The Kier molecular flexibility index (Phi) is 5.73. The molecule has 1 N–H and O–H groups in total. The third-order valence-corrected chi connectivity index (χ3v) is 8.16. The predicted molar refractivity (Wildman–Crippen MR) is 105 cm³/mol. The van der Waals surface area contributed by atoms with E-state index in [0.717, 1.165) is 38.8 Å². The van der Waals surface area contributed by atoms with Crippen LogP contribution in [0, 0.1) is 0 Å². The van der Waals surface area contributed by atoms with Crippen LogP contribution >= 0.6 is 0 Å². The first kappa shape index (κ1) is 19.8. The molecule has 154 valence electrons. The fourth-order valence-corrected chi connectivity index (χ4v) is 6.26. The minimum Gasteiger partial charge on any atom is -0.365 e. The fraction of sp³-hybridized carbons (Fsp3) is 0.650. The van der Waals surface area contributed by atoms with Crippen molar-refractivity contribution >= 4 is 15.9 Å². The summed E-state index contributed by atoms with van der Waals surface area (Å²) in [6, 6.07) is 8.62. The van der Waals surface area contributed by atoms with E-state index >= 15 is 0 Å². The van der Waals surface area contributed by atoms with Gasteiger partial charge in [0.2, 0.25) is 15.9 Å². The van der Waals surface area contributed by atoms with Crippen molar-refractivity contribution in [2.24, 2.45) is 0 Å². The summed E-state index contributed by atoms with van der Waals surface area (Å²) in [5.74, 6) is -0.0743. The number of nitrogens with one attached hydrogen (secondary N) is 1. The SMILES string of the molecule is CC[C@@H]1CC[C@@H](C(=O)NC[C@@H]2CN(S(=O)(=O)c3ccccc3)[C@H]3CCN2C3)O1. The molecule has 1 unspecified atom stereocenters. The van der Waals surface area contributed by atoms with Gasteiger partial charge in [-0.15, -0.1) is 0 Å². The molecule has 1 amide bonds. The maximum absolute atomic E-state index is 13.1. The van der Waals surface area contributed by atoms with E-state index in [-0.39, 0.29) is 30.2 Å². The minimum absolute atomic E-state index is 0.00966. The van der Waals surface area contributed by atoms with Gasteiger partial charge in [0.05, 0.1) is 11.0 Å². The summed E-state index contributed by atoms with van der Waals surface area (Å²) in [7, 11) is -3.53. The van der Waals surface area contributed by atoms with Crippen LogP contribution in [0.15, 0.2) is 35.2 Å². The van der Waals surface area contributed by atoms with E-state index in [1.165, 1.54) is 0 Å². The zero-order valence-electron chi connectivity index (χ0n) is 16.3. The zero-order chi connectivity index (χ0) is 19.7. The lowest BCUT2D eigenvalue weighted by Crippen LogP contribution is -2.58. The number of piperazine rings is 1. The second-order valence-corrected chi connectivity index (χ2v) is 9.85. The normalized spacial score (nSPS) is 33.1. The topological polar surface area (TPSA) is 79.0 Å². The van der Waals surface area contributed by atoms with Gasteiger partial charge in [0, 0.05) is 38.3 Å². The van der Waals surface area contributed by atoms with Gasteiger partial charge < -0.3 is 10.1 Å². The van der Waals surface area contributed by atoms with Crippen LogP contribution in [0.2, 0.25) is 0 Å². The van der Waals surface area contributed by atoms with Crippen molar-refractivity contribution in [1.82, 2.24) is 14.5 Å². The van der Waals surface area contributed by atoms with Crippen molar-refractivity contribution in [1.29, 1.82) is 0 Å². The number of fused-ring (bicyclic) bond motifs is 2. The van der Waals surface area contributed by atoms with Crippen molar-refractivity contribution in [3.63, 3.8) is 0 Å². The van der Waals surface area contributed by atoms with E-state index in [2.05, 4.69) is 17.1 Å². The van der Waals surface area contributed by atoms with E-state index in [9.17, 15) is 13.2 Å². The highest BCUT2D eigenvalue weighted by atomic mass is 32.2. The van der Waals surface area contributed by atoms with Crippen LogP contribution < -0.4 is 5.32 Å². The molecule has 1 aromatic rings. The van der Waals surface area contributed by atoms with Crippen LogP contribution in [0.3, 0.4) is 0 Å². The molecule has 3 aliphatic heterocycles. The zero-order valence-corrected chi connectivity index (χ0v) is 17.1. The molecule has 0 spiro atoms. The van der Waals surface area contributed by atoms with Gasteiger partial charge in [-0.05, 0) is 37.8 Å². The average molecular weight is 408 g/mol. The predicted octanol–water partition coefficient (Wildman–Crippen LogP) is 1.21. The molecule has 0 saturated carbocycles. The highest BCUT2D eigenvalue weighted by Gasteiger charge is 2.44. The maximum atomic E-state index is 13.1. The number of hydrogen-bond donors (Lipinski definition) is 1. The van der Waals surface area contributed by atoms with Crippen LogP contribution in [0.4, 0.5) is 0 Å². The largest absolute Gasteiger partial charge is 0.365 e. The van der Waals surface area contributed by atoms with Gasteiger partial charge in [0.15, 0.2) is 0 Å². The molecule has 3 fully saturated rings. The summed E-state index contributed by atoms with van der Waals surface area (Å²) < 4.78 is 33.7. The molecule has 28 heavy (non-hydrogen) atoms. The first-order valence-electron chi connectivity index (χ1n) is 10.2. The molecule has 0 aliphatic carbocycles. The molecule has 2 bridgehead atoms. The number of hydrogen-bond acceptors (Lipinski definition) is 5. The Hall–Kier alpha value is -1.48. The summed E-state index contributed by atoms with van der Waals surface area (Å²) in [5.41, 5.74) is 0. The van der Waals surface area contributed by atoms with Gasteiger partial charge in [0.25, 0.3) is 0 Å². The lowest BCUT2D eigenvalue weighted by molar-refractivity contribution is -0.132. The van der Waals surface area contributed by atoms with E-state index in [1.807, 2.05) is 6.07 Å². The van der Waals surface area contributed by atoms with Crippen molar-refractivity contribution < 1.29 is 17.9 Å². The molecule has 4 rings (SSSR count). The highest BCUT2D eigenvalue weighted by Crippen LogP contribution is 2.30. The third-order valence-electron chi connectivity index (χ3n) is 6.23. The number of ether oxygens (including phenoxy) is 1. The van der Waals surface area contributed by atoms with E-state index in [0.29, 0.717) is 18.0 Å². The molecule has 0 radical (unpaired) electrons. The lowest BCUT2D eigenvalue weighted by atomic mass is 10.1. The maximum Gasteiger partial charge on any atom is 0.249 e. The minimum atomic E-state index is -3.53. The Balaban J connectivity index is 1.41. The number of amides is 1. The molecule has 3 saturated heterocycles. The number of benzene rings is 1. The van der Waals surface area contributed by atoms with Gasteiger partial charge in [-0.1, -0.05) is 25.1 Å². The smallest absolute Gasteiger partial charge is 0.249 e. The molecule has 3 aliphatic rings. The van der Waals surface area contributed by atoms with Gasteiger partial charge >= 0.3 is 0 Å². The highest BCUT2D eigenvalue weighted by molar-refractivity contribution is 7.89. The van der Waals surface area contributed by atoms with Crippen LogP contribution in [-0.2, 0) is 19.6 Å². The van der Waals surface area contributed by atoms with Gasteiger partial charge in [0.1, 0.15) is 6.10 Å². The standard InChI is InChI=1S/C20H29N3O4S/c1-2-17-8-9-19(27-17)20(24)21-12-16-14-23(15-10-11-22(16)13-15)28(25,26)18-6-4-3-5-7-18/h3-7,15-17,19H,2,8-14H2,1H3,(H,21,24)/t15-,16+,17+,19-/m0/s1. The Morgan fingerprint density at radius 2 is 1.96 bits per heavy atom. The van der Waals surface area contributed by atoms with Crippen molar-refractivity contribution in [3.8, 4) is 0 Å². The van der Waals surface area contributed by atoms with E-state index < -0.39 is 10.0 Å². The van der Waals surface area contributed by atoms with Crippen LogP contribution in [0.5, 0.6) is 0 Å². The summed E-state index contributed by atoms with van der Waals surface area (Å²) >= 11 is 0. The van der Waals surface area contributed by atoms with Gasteiger partial charge in [-0.25, -0.2) is 8.42 Å². The molecule has 0 aromatic heterocycles. The Morgan fingerprint density at radius 3 is 2.68 bits per heavy atom. The van der Waals surface area contributed by atoms with Gasteiger partial charge in [-0.3, -0.25) is 9.69 Å². The van der Waals surface area contributed by atoms with Crippen LogP contribution in [0.25, 0.3) is 0 Å². The molecule has 8 heteroatoms. The van der Waals surface area contributed by atoms with Crippen LogP contribution in [-0.4, -0.2) is 74.0 Å². The molecule has 1 aromatic carbocycles. The van der Waals surface area contributed by atoms with Crippen LogP contribution in [0.1, 0.15) is 32.6 Å². The number of sulfonamides is 1. The summed E-state index contributed by atoms with van der Waals surface area (Å²) in [6.07, 6.45) is 3.25. The Morgan fingerprint density at radius 1 is 1.18 bits per heavy atom. The Labute approximate surface area is 167 Å². The fourth-order valence-electron chi connectivity index (χ4n) is 4.55. The molecule has 3 heterocycles. The van der Waals surface area contributed by atoms with E-state index in [4.69, 9.17) is 4.74 Å². The van der Waals surface area contributed by atoms with E-state index in [1.54, 1.807) is 28.6 Å². The number of carbonyl (C=O) groups excluding carboxylic acids is 1. The summed E-state index contributed by atoms with van der Waals surface area (Å²) in [6.45, 7) is 4.51. The van der Waals surface area contributed by atoms with Crippen molar-refractivity contribution in [2.75, 3.05) is 26.2 Å².